The van der Waals surface area contributed by atoms with Gasteiger partial charge in [-0.15, -0.1) is 0 Å². The van der Waals surface area contributed by atoms with Crippen LogP contribution in [0.3, 0.4) is 0 Å². The fourth-order valence-electron chi connectivity index (χ4n) is 3.61. The van der Waals surface area contributed by atoms with Crippen LogP contribution in [0, 0.1) is 10.1 Å². The van der Waals surface area contributed by atoms with Crippen LogP contribution in [-0.4, -0.2) is 42.0 Å². The van der Waals surface area contributed by atoms with Crippen molar-refractivity contribution in [3.8, 4) is 17.2 Å². The van der Waals surface area contributed by atoms with Crippen LogP contribution < -0.4 is 25.0 Å². The summed E-state index contributed by atoms with van der Waals surface area (Å²) in [4.78, 5) is 59.8. The molecule has 0 aliphatic rings. The molecule has 4 rings (SSSR count). The molecule has 14 heteroatoms. The summed E-state index contributed by atoms with van der Waals surface area (Å²) in [5.41, 5.74) is 2.34. The zero-order chi connectivity index (χ0) is 30.9. The number of hydrogen-bond donors (Lipinski definition) is 2. The number of hydrogen-bond acceptors (Lipinski definition) is 11. The first kappa shape index (κ1) is 29.7. The molecule has 218 valence electrons. The van der Waals surface area contributed by atoms with E-state index in [2.05, 4.69) is 15.8 Å². The number of nitro groups is 1. The van der Waals surface area contributed by atoms with Crippen LogP contribution in [0.15, 0.2) is 88.6 Å². The molecule has 0 radical (unpaired) electrons. The third kappa shape index (κ3) is 7.46. The molecule has 0 saturated heterocycles. The molecule has 43 heavy (non-hydrogen) atoms. The van der Waals surface area contributed by atoms with E-state index in [1.165, 1.54) is 81.0 Å². The smallest absolute Gasteiger partial charge is 0.343 e. The Morgan fingerprint density at radius 1 is 0.907 bits per heavy atom. The molecule has 3 aromatic carbocycles. The molecule has 0 fully saturated rings. The summed E-state index contributed by atoms with van der Waals surface area (Å²) in [6.45, 7) is 1.20. The Bertz CT molecular complexity index is 1710. The highest BCUT2D eigenvalue weighted by Gasteiger charge is 2.23. The zero-order valence-electron chi connectivity index (χ0n) is 22.6. The van der Waals surface area contributed by atoms with E-state index in [0.717, 1.165) is 12.3 Å². The molecule has 0 unspecified atom stereocenters. The Labute approximate surface area is 243 Å². The lowest BCUT2D eigenvalue weighted by molar-refractivity contribution is -0.385. The third-order valence-electron chi connectivity index (χ3n) is 5.59. The highest BCUT2D eigenvalue weighted by Crippen LogP contribution is 2.32. The number of anilines is 1. The fraction of sp³-hybridized carbons (Fsp3) is 0.0690. The molecular formula is C29H22N4O10. The molecule has 2 N–H and O–H groups in total. The lowest BCUT2D eigenvalue weighted by Crippen LogP contribution is -2.18. The zero-order valence-corrected chi connectivity index (χ0v) is 22.6. The van der Waals surface area contributed by atoms with E-state index in [0.29, 0.717) is 5.69 Å². The Balaban J connectivity index is 1.47. The number of methoxy groups -OCH3 is 1. The first-order valence-electron chi connectivity index (χ1n) is 12.3. The van der Waals surface area contributed by atoms with Crippen LogP contribution in [-0.2, 0) is 4.79 Å². The molecule has 14 nitrogen and oxygen atoms in total. The first-order valence-corrected chi connectivity index (χ1v) is 12.3. The average Bonchev–Trinajstić information content (AvgIpc) is 3.53. The first-order chi connectivity index (χ1) is 20.7. The minimum atomic E-state index is -0.972. The normalized spacial score (nSPS) is 10.6. The van der Waals surface area contributed by atoms with Gasteiger partial charge >= 0.3 is 17.6 Å². The van der Waals surface area contributed by atoms with E-state index in [-0.39, 0.29) is 33.9 Å². The quantitative estimate of drug-likeness (QED) is 0.0888. The third-order valence-corrected chi connectivity index (χ3v) is 5.59. The topological polar surface area (TPSA) is 189 Å². The van der Waals surface area contributed by atoms with Crippen molar-refractivity contribution < 1.29 is 42.7 Å². The number of nitrogens with one attached hydrogen (secondary N) is 2. The Hall–Kier alpha value is -6.31. The predicted octanol–water partition coefficient (Wildman–Crippen LogP) is 4.36. The molecule has 0 bridgehead atoms. The van der Waals surface area contributed by atoms with Gasteiger partial charge in [0.1, 0.15) is 0 Å². The molecule has 1 aromatic heterocycles. The van der Waals surface area contributed by atoms with E-state index in [1.54, 1.807) is 6.07 Å². The number of hydrazone groups is 1. The Morgan fingerprint density at radius 3 is 2.30 bits per heavy atom. The van der Waals surface area contributed by atoms with Crippen molar-refractivity contribution in [2.75, 3.05) is 12.4 Å². The predicted molar refractivity (Wildman–Crippen MR) is 151 cm³/mol. The van der Waals surface area contributed by atoms with Crippen LogP contribution in [0.5, 0.6) is 17.2 Å². The SMILES string of the molecule is COc1cc(C(=O)Oc2c(/C=N/NC(=O)c3ccc(NC(=O)c4ccco4)cc3)cccc2[N+](=O)[O-])ccc1OC(C)=O. The summed E-state index contributed by atoms with van der Waals surface area (Å²) in [6, 6.07) is 16.7. The van der Waals surface area contributed by atoms with E-state index in [4.69, 9.17) is 18.6 Å². The number of rotatable bonds is 10. The molecule has 1 heterocycles. The van der Waals surface area contributed by atoms with Gasteiger partial charge in [0.2, 0.25) is 5.75 Å². The van der Waals surface area contributed by atoms with Gasteiger partial charge in [-0.2, -0.15) is 5.10 Å². The highest BCUT2D eigenvalue weighted by atomic mass is 16.6. The second-order valence-electron chi connectivity index (χ2n) is 8.51. The van der Waals surface area contributed by atoms with Gasteiger partial charge < -0.3 is 23.9 Å². The Kier molecular flexibility index (Phi) is 9.22. The van der Waals surface area contributed by atoms with Crippen LogP contribution in [0.2, 0.25) is 0 Å². The molecule has 0 atom stereocenters. The summed E-state index contributed by atoms with van der Waals surface area (Å²) in [7, 11) is 1.30. The van der Waals surface area contributed by atoms with Crippen LogP contribution >= 0.6 is 0 Å². The van der Waals surface area contributed by atoms with E-state index in [9.17, 15) is 29.3 Å². The minimum absolute atomic E-state index is 0.0161. The number of para-hydroxylation sites is 1. The van der Waals surface area contributed by atoms with Crippen molar-refractivity contribution in [3.05, 3.63) is 112 Å². The van der Waals surface area contributed by atoms with Crippen molar-refractivity contribution in [2.45, 2.75) is 6.92 Å². The molecule has 0 aliphatic heterocycles. The summed E-state index contributed by atoms with van der Waals surface area (Å²) in [6.07, 6.45) is 2.45. The second kappa shape index (κ2) is 13.4. The summed E-state index contributed by atoms with van der Waals surface area (Å²) >= 11 is 0. The van der Waals surface area contributed by atoms with E-state index < -0.39 is 40.1 Å². The molecule has 4 aromatic rings. The lowest BCUT2D eigenvalue weighted by atomic mass is 10.1. The number of amides is 2. The molecule has 0 spiro atoms. The van der Waals surface area contributed by atoms with E-state index in [1.807, 2.05) is 0 Å². The van der Waals surface area contributed by atoms with Crippen LogP contribution in [0.1, 0.15) is 43.8 Å². The maximum absolute atomic E-state index is 12.9. The van der Waals surface area contributed by atoms with Crippen molar-refractivity contribution in [2.24, 2.45) is 5.10 Å². The highest BCUT2D eigenvalue weighted by molar-refractivity contribution is 6.03. The van der Waals surface area contributed by atoms with Gasteiger partial charge in [-0.3, -0.25) is 24.5 Å². The van der Waals surface area contributed by atoms with Crippen molar-refractivity contribution >= 4 is 41.3 Å². The summed E-state index contributed by atoms with van der Waals surface area (Å²) in [5, 5.41) is 18.1. The number of carbonyl (C=O) groups is 4. The van der Waals surface area contributed by atoms with Gasteiger partial charge in [0.25, 0.3) is 11.8 Å². The number of ether oxygens (including phenoxy) is 3. The van der Waals surface area contributed by atoms with Crippen LogP contribution in [0.25, 0.3) is 0 Å². The number of nitro benzene ring substituents is 1. The number of benzene rings is 3. The Morgan fingerprint density at radius 2 is 1.65 bits per heavy atom. The van der Waals surface area contributed by atoms with Gasteiger partial charge in [0.15, 0.2) is 17.3 Å². The largest absolute Gasteiger partial charge is 0.493 e. The number of nitrogens with zero attached hydrogens (tertiary/aromatic N) is 2. The molecule has 2 amide bonds. The molecule has 0 aliphatic carbocycles. The second-order valence-corrected chi connectivity index (χ2v) is 8.51. The molecule has 0 saturated carbocycles. The monoisotopic (exact) mass is 586 g/mol. The standard InChI is InChI=1S/C29H22N4O10/c1-17(34)42-23-13-10-19(15-25(23)40-2)29(37)43-26-20(5-3-6-22(26)33(38)39)16-30-32-27(35)18-8-11-21(12-9-18)31-28(36)24-7-4-14-41-24/h3-16H,1-2H3,(H,31,36)(H,32,35)/b30-16+. The van der Waals surface area contributed by atoms with E-state index >= 15 is 0 Å². The number of carbonyl (C=O) groups excluding carboxylic acids is 4. The summed E-state index contributed by atoms with van der Waals surface area (Å²) in [5.74, 6) is -2.83. The van der Waals surface area contributed by atoms with Gasteiger partial charge in [0, 0.05) is 29.8 Å². The molecular weight excluding hydrogens is 564 g/mol. The van der Waals surface area contributed by atoms with Gasteiger partial charge in [0.05, 0.1) is 30.1 Å². The van der Waals surface area contributed by atoms with Gasteiger partial charge in [-0.25, -0.2) is 10.2 Å². The summed E-state index contributed by atoms with van der Waals surface area (Å²) < 4.78 is 20.6. The van der Waals surface area contributed by atoms with Crippen molar-refractivity contribution in [1.82, 2.24) is 5.43 Å². The number of esters is 2. The van der Waals surface area contributed by atoms with Crippen molar-refractivity contribution in [3.63, 3.8) is 0 Å². The lowest BCUT2D eigenvalue weighted by Gasteiger charge is -2.11. The fourth-order valence-corrected chi connectivity index (χ4v) is 3.61. The van der Waals surface area contributed by atoms with Crippen molar-refractivity contribution in [1.29, 1.82) is 0 Å². The maximum Gasteiger partial charge on any atom is 0.343 e. The van der Waals surface area contributed by atoms with Crippen LogP contribution in [0.4, 0.5) is 11.4 Å². The maximum atomic E-state index is 12.9. The minimum Gasteiger partial charge on any atom is -0.493 e. The van der Waals surface area contributed by atoms with Gasteiger partial charge in [-0.05, 0) is 60.7 Å². The number of furan rings is 1. The average molecular weight is 587 g/mol. The van der Waals surface area contributed by atoms with Gasteiger partial charge in [-0.1, -0.05) is 6.07 Å².